The second kappa shape index (κ2) is 15.8. The number of benzene rings is 2. The highest BCUT2D eigenvalue weighted by Gasteiger charge is 2.06. The Morgan fingerprint density at radius 3 is 1.22 bits per heavy atom. The van der Waals surface area contributed by atoms with Gasteiger partial charge in [0.1, 0.15) is 11.5 Å². The predicted molar refractivity (Wildman–Crippen MR) is 133 cm³/mol. The summed E-state index contributed by atoms with van der Waals surface area (Å²) in [5.74, 6) is -1.41. The highest BCUT2D eigenvalue weighted by Crippen LogP contribution is 2.18. The summed E-state index contributed by atoms with van der Waals surface area (Å²) >= 11 is 0. The average molecular weight is 501 g/mol. The van der Waals surface area contributed by atoms with Gasteiger partial charge in [0.2, 0.25) is 11.8 Å². The molecule has 0 heterocycles. The van der Waals surface area contributed by atoms with Crippen LogP contribution in [0, 0.1) is 0 Å². The Hall–Kier alpha value is -4.08. The van der Waals surface area contributed by atoms with Gasteiger partial charge in [0.25, 0.3) is 0 Å². The molecule has 0 unspecified atom stereocenters. The van der Waals surface area contributed by atoms with Crippen molar-refractivity contribution in [3.63, 3.8) is 0 Å². The molecule has 2 amide bonds. The number of ether oxygens (including phenoxy) is 2. The fourth-order valence-corrected chi connectivity index (χ4v) is 3.28. The monoisotopic (exact) mass is 500 g/mol. The molecule has 0 fully saturated rings. The molecule has 0 aliphatic heterocycles. The van der Waals surface area contributed by atoms with Gasteiger partial charge in [-0.15, -0.1) is 0 Å². The number of carbonyl (C=O) groups is 4. The van der Waals surface area contributed by atoms with Crippen LogP contribution in [-0.4, -0.2) is 47.2 Å². The number of carboxylic acids is 2. The molecule has 0 spiro atoms. The van der Waals surface area contributed by atoms with Crippen LogP contribution in [0.5, 0.6) is 11.5 Å². The quantitative estimate of drug-likeness (QED) is 0.235. The number of anilines is 2. The molecule has 0 bridgehead atoms. The standard InChI is InChI=1S/C26H32N2O8/c29-23(27-19-9-13-21(14-10-19)35-17-25(31)32)7-5-3-1-2-4-6-8-24(30)28-20-11-15-22(16-12-20)36-18-26(33)34/h9-16H,1-8,17-18H2,(H,27,29)(H,28,30)(H,31,32)(H,33,34). The molecule has 0 aliphatic rings. The van der Waals surface area contributed by atoms with Crippen LogP contribution in [-0.2, 0) is 19.2 Å². The van der Waals surface area contributed by atoms with Gasteiger partial charge in [-0.25, -0.2) is 9.59 Å². The number of unbranched alkanes of at least 4 members (excludes halogenated alkanes) is 5. The van der Waals surface area contributed by atoms with Crippen molar-refractivity contribution in [1.82, 2.24) is 0 Å². The lowest BCUT2D eigenvalue weighted by Crippen LogP contribution is -2.12. The lowest BCUT2D eigenvalue weighted by atomic mass is 10.1. The van der Waals surface area contributed by atoms with Crippen molar-refractivity contribution in [2.24, 2.45) is 0 Å². The first-order valence-corrected chi connectivity index (χ1v) is 11.8. The summed E-state index contributed by atoms with van der Waals surface area (Å²) in [7, 11) is 0. The van der Waals surface area contributed by atoms with Gasteiger partial charge in [-0.2, -0.15) is 0 Å². The zero-order valence-electron chi connectivity index (χ0n) is 20.0. The fourth-order valence-electron chi connectivity index (χ4n) is 3.28. The van der Waals surface area contributed by atoms with Crippen LogP contribution in [0.25, 0.3) is 0 Å². The van der Waals surface area contributed by atoms with Gasteiger partial charge in [-0.05, 0) is 61.4 Å². The van der Waals surface area contributed by atoms with E-state index in [1.165, 1.54) is 0 Å². The minimum absolute atomic E-state index is 0.0765. The van der Waals surface area contributed by atoms with Crippen molar-refractivity contribution in [2.45, 2.75) is 51.4 Å². The highest BCUT2D eigenvalue weighted by atomic mass is 16.5. The third-order valence-electron chi connectivity index (χ3n) is 5.06. The number of aliphatic carboxylic acids is 2. The number of nitrogens with one attached hydrogen (secondary N) is 2. The van der Waals surface area contributed by atoms with Gasteiger partial charge in [-0.3, -0.25) is 9.59 Å². The lowest BCUT2D eigenvalue weighted by Gasteiger charge is -2.08. The summed E-state index contributed by atoms with van der Waals surface area (Å²) in [6.45, 7) is -0.829. The molecule has 2 rings (SSSR count). The minimum atomic E-state index is -1.05. The van der Waals surface area contributed by atoms with Gasteiger partial charge < -0.3 is 30.3 Å². The summed E-state index contributed by atoms with van der Waals surface area (Å²) in [5.41, 5.74) is 1.26. The van der Waals surface area contributed by atoms with Crippen LogP contribution in [0.1, 0.15) is 51.4 Å². The Labute approximate surface area is 209 Å². The molecule has 10 heteroatoms. The van der Waals surface area contributed by atoms with E-state index >= 15 is 0 Å². The first-order valence-electron chi connectivity index (χ1n) is 11.8. The number of carboxylic acid groups (broad SMARTS) is 2. The van der Waals surface area contributed by atoms with E-state index in [0.29, 0.717) is 35.7 Å². The van der Waals surface area contributed by atoms with E-state index in [4.69, 9.17) is 19.7 Å². The maximum Gasteiger partial charge on any atom is 0.341 e. The molecule has 0 saturated heterocycles. The zero-order chi connectivity index (χ0) is 26.2. The average Bonchev–Trinajstić information content (AvgIpc) is 2.84. The second-order valence-corrected chi connectivity index (χ2v) is 8.13. The SMILES string of the molecule is O=C(O)COc1ccc(NC(=O)CCCCCCCCC(=O)Nc2ccc(OCC(=O)O)cc2)cc1. The van der Waals surface area contributed by atoms with E-state index in [2.05, 4.69) is 10.6 Å². The lowest BCUT2D eigenvalue weighted by molar-refractivity contribution is -0.140. The maximum absolute atomic E-state index is 12.1. The van der Waals surface area contributed by atoms with Crippen LogP contribution < -0.4 is 20.1 Å². The van der Waals surface area contributed by atoms with Crippen LogP contribution in [0.4, 0.5) is 11.4 Å². The van der Waals surface area contributed by atoms with E-state index in [1.54, 1.807) is 48.5 Å². The van der Waals surface area contributed by atoms with Gasteiger partial charge in [0.05, 0.1) is 0 Å². The number of hydrogen-bond acceptors (Lipinski definition) is 6. The smallest absolute Gasteiger partial charge is 0.341 e. The molecular weight excluding hydrogens is 468 g/mol. The number of hydrogen-bond donors (Lipinski definition) is 4. The topological polar surface area (TPSA) is 151 Å². The molecular formula is C26H32N2O8. The summed E-state index contributed by atoms with van der Waals surface area (Å²) < 4.78 is 10.1. The number of carbonyl (C=O) groups excluding carboxylic acids is 2. The number of amides is 2. The second-order valence-electron chi connectivity index (χ2n) is 8.13. The largest absolute Gasteiger partial charge is 0.482 e. The molecule has 0 atom stereocenters. The Kier molecular flexibility index (Phi) is 12.3. The van der Waals surface area contributed by atoms with E-state index in [1.807, 2.05) is 0 Å². The predicted octanol–water partition coefficient (Wildman–Crippen LogP) is 4.31. The van der Waals surface area contributed by atoms with E-state index in [-0.39, 0.29) is 11.8 Å². The molecule has 2 aromatic carbocycles. The molecule has 0 aliphatic carbocycles. The van der Waals surface area contributed by atoms with E-state index < -0.39 is 25.2 Å². The van der Waals surface area contributed by atoms with Crippen LogP contribution in [0.3, 0.4) is 0 Å². The van der Waals surface area contributed by atoms with Gasteiger partial charge in [0.15, 0.2) is 13.2 Å². The normalized spacial score (nSPS) is 10.3. The van der Waals surface area contributed by atoms with Gasteiger partial charge in [0, 0.05) is 24.2 Å². The van der Waals surface area contributed by atoms with Crippen molar-refractivity contribution in [1.29, 1.82) is 0 Å². The molecule has 2 aromatic rings. The Bertz CT molecular complexity index is 909. The number of rotatable bonds is 17. The van der Waals surface area contributed by atoms with Crippen molar-refractivity contribution in [2.75, 3.05) is 23.8 Å². The van der Waals surface area contributed by atoms with E-state index in [0.717, 1.165) is 38.5 Å². The van der Waals surface area contributed by atoms with Crippen molar-refractivity contribution >= 4 is 35.1 Å². The molecule has 194 valence electrons. The summed E-state index contributed by atoms with van der Waals surface area (Å²) in [6.07, 6.45) is 6.22. The molecule has 4 N–H and O–H groups in total. The van der Waals surface area contributed by atoms with Crippen LogP contribution >= 0.6 is 0 Å². The minimum Gasteiger partial charge on any atom is -0.482 e. The van der Waals surface area contributed by atoms with Crippen LogP contribution in [0.15, 0.2) is 48.5 Å². The maximum atomic E-state index is 12.1. The summed E-state index contributed by atoms with van der Waals surface area (Å²) in [4.78, 5) is 45.1. The Morgan fingerprint density at radius 2 is 0.889 bits per heavy atom. The Balaban J connectivity index is 1.49. The Morgan fingerprint density at radius 1 is 0.556 bits per heavy atom. The van der Waals surface area contributed by atoms with Gasteiger partial charge >= 0.3 is 11.9 Å². The molecule has 10 nitrogen and oxygen atoms in total. The first kappa shape index (κ1) is 28.2. The highest BCUT2D eigenvalue weighted by molar-refractivity contribution is 5.91. The summed E-state index contributed by atoms with van der Waals surface area (Å²) in [5, 5.41) is 22.8. The van der Waals surface area contributed by atoms with Crippen LogP contribution in [0.2, 0.25) is 0 Å². The third-order valence-corrected chi connectivity index (χ3v) is 5.06. The molecule has 0 saturated carbocycles. The zero-order valence-corrected chi connectivity index (χ0v) is 20.0. The third kappa shape index (κ3) is 12.4. The van der Waals surface area contributed by atoms with Gasteiger partial charge in [-0.1, -0.05) is 25.7 Å². The molecule has 0 aromatic heterocycles. The summed E-state index contributed by atoms with van der Waals surface area (Å²) in [6, 6.07) is 13.1. The van der Waals surface area contributed by atoms with Crippen molar-refractivity contribution < 1.29 is 38.9 Å². The van der Waals surface area contributed by atoms with E-state index in [9.17, 15) is 19.2 Å². The first-order chi connectivity index (χ1) is 17.3. The van der Waals surface area contributed by atoms with Crippen molar-refractivity contribution in [3.8, 4) is 11.5 Å². The molecule has 0 radical (unpaired) electrons. The molecule has 36 heavy (non-hydrogen) atoms. The fraction of sp³-hybridized carbons (Fsp3) is 0.385. The van der Waals surface area contributed by atoms with Crippen molar-refractivity contribution in [3.05, 3.63) is 48.5 Å².